The maximum Gasteiger partial charge on any atom is 0.164 e. The van der Waals surface area contributed by atoms with Gasteiger partial charge in [0.15, 0.2) is 17.5 Å². The molecule has 0 spiro atoms. The molecular formula is C102H86N4. The van der Waals surface area contributed by atoms with Gasteiger partial charge in [0.25, 0.3) is 0 Å². The summed E-state index contributed by atoms with van der Waals surface area (Å²) in [7, 11) is 0. The Morgan fingerprint density at radius 1 is 0.264 bits per heavy atom. The summed E-state index contributed by atoms with van der Waals surface area (Å²) in [6.45, 7) is 29.6. The molecule has 0 fully saturated rings. The standard InChI is InChI=1S/C53H45N3.C49H41N/c1-51(2)32-38-21-13-14-22-39(38)44-40-23-15-16-24-41(40)46-45(47(44)53(51,5)6)42-30-29-37(31-43(42)52(46,3)4)33-25-27-36(28-26-33)50-55-48(34-17-9-7-10-18-34)54-49(56-50)35-19-11-8-12-20-35;1-47(2)41-29-32(30-19-23-33(24-20-30)50-42-17-11-9-15-36(42)37-16-10-12-18-43(37)50)21-25-35(41)38-26-27-39-44-34-14-8-7-13-31(34)22-28-40(44)48(3,4)49(5,6)46(39)45(38)47/h7-31H,32H2,1-6H3;7-29H,1-6H3. The fourth-order valence-electron chi connectivity index (χ4n) is 19.2. The number of rotatable bonds is 6. The zero-order chi connectivity index (χ0) is 72.6. The van der Waals surface area contributed by atoms with Gasteiger partial charge < -0.3 is 4.57 Å². The van der Waals surface area contributed by atoms with Crippen molar-refractivity contribution < 1.29 is 0 Å². The van der Waals surface area contributed by atoms with Crippen LogP contribution in [0.2, 0.25) is 0 Å². The van der Waals surface area contributed by atoms with Crippen LogP contribution in [0.5, 0.6) is 0 Å². The van der Waals surface area contributed by atoms with Crippen molar-refractivity contribution in [3.8, 4) is 107 Å². The SMILES string of the molecule is CC1(C)c2cc(-c3ccc(-c4nc(-c5ccccc5)nc(-c5ccccc5)n4)cc3)ccc2-c2c3c(c4ccccc4c21)-c1ccccc1CC(C)(C)C3(C)C.CC1(C)c2cc(-c3ccc(-n4c5ccccc5c5ccccc54)cc3)ccc2-c2ccc3c(c21)C(C)(C)C(C)(C)c1ccc2ccccc2c1-3. The summed E-state index contributed by atoms with van der Waals surface area (Å²) in [6, 6.07) is 107. The average molecular weight is 1370 g/mol. The van der Waals surface area contributed by atoms with Gasteiger partial charge in [-0.25, -0.2) is 15.0 Å². The molecule has 4 aliphatic carbocycles. The fraction of sp³-hybridized carbons (Fsp3) is 0.186. The molecule has 2 aromatic heterocycles. The summed E-state index contributed by atoms with van der Waals surface area (Å²) >= 11 is 0. The molecule has 0 saturated carbocycles. The minimum absolute atomic E-state index is 0.0292. The third-order valence-electron chi connectivity index (χ3n) is 26.1. The van der Waals surface area contributed by atoms with Crippen LogP contribution in [-0.2, 0) is 33.5 Å². The summed E-state index contributed by atoms with van der Waals surface area (Å²) in [5.41, 5.74) is 33.7. The van der Waals surface area contributed by atoms with Crippen molar-refractivity contribution in [1.82, 2.24) is 19.5 Å². The lowest BCUT2D eigenvalue weighted by Gasteiger charge is -2.50. The van der Waals surface area contributed by atoms with Crippen molar-refractivity contribution in [3.05, 3.63) is 336 Å². The molecule has 0 unspecified atom stereocenters. The van der Waals surface area contributed by atoms with Crippen molar-refractivity contribution in [2.75, 3.05) is 0 Å². The quantitative estimate of drug-likeness (QED) is 0.167. The molecule has 2 heterocycles. The van der Waals surface area contributed by atoms with E-state index in [4.69, 9.17) is 15.0 Å². The second-order valence-electron chi connectivity index (χ2n) is 33.6. The Morgan fingerprint density at radius 3 is 1.33 bits per heavy atom. The highest BCUT2D eigenvalue weighted by Crippen LogP contribution is 2.65. The minimum atomic E-state index is -0.201. The highest BCUT2D eigenvalue weighted by Gasteiger charge is 2.52. The second kappa shape index (κ2) is 23.5. The highest BCUT2D eigenvalue weighted by atomic mass is 15.0. The second-order valence-corrected chi connectivity index (χ2v) is 33.6. The first-order valence-electron chi connectivity index (χ1n) is 37.9. The zero-order valence-electron chi connectivity index (χ0n) is 62.7. The van der Waals surface area contributed by atoms with Crippen LogP contribution in [0.1, 0.15) is 128 Å². The van der Waals surface area contributed by atoms with E-state index in [1.165, 1.54) is 160 Å². The maximum absolute atomic E-state index is 4.97. The van der Waals surface area contributed by atoms with Gasteiger partial charge in [-0.2, -0.15) is 0 Å². The molecule has 14 aromatic carbocycles. The van der Waals surface area contributed by atoms with Gasteiger partial charge in [0, 0.05) is 44.0 Å². The average Bonchev–Trinajstić information content (AvgIpc) is 1.36. The first-order chi connectivity index (χ1) is 51.1. The summed E-state index contributed by atoms with van der Waals surface area (Å²) in [5, 5.41) is 7.97. The Labute approximate surface area is 623 Å². The molecular weight excluding hydrogens is 1280 g/mol. The van der Waals surface area contributed by atoms with Gasteiger partial charge in [0.2, 0.25) is 0 Å². The van der Waals surface area contributed by atoms with E-state index < -0.39 is 0 Å². The van der Waals surface area contributed by atoms with E-state index in [1.54, 1.807) is 0 Å². The fourth-order valence-corrected chi connectivity index (χ4v) is 19.2. The molecule has 0 aliphatic heterocycles. The number of benzene rings is 14. The Morgan fingerprint density at radius 2 is 0.717 bits per heavy atom. The van der Waals surface area contributed by atoms with Gasteiger partial charge in [-0.3, -0.25) is 0 Å². The summed E-state index contributed by atoms with van der Waals surface area (Å²) < 4.78 is 2.39. The van der Waals surface area contributed by atoms with E-state index in [2.05, 4.69) is 318 Å². The summed E-state index contributed by atoms with van der Waals surface area (Å²) in [5.74, 6) is 1.99. The smallest absolute Gasteiger partial charge is 0.164 e. The van der Waals surface area contributed by atoms with Crippen LogP contribution in [0.25, 0.3) is 150 Å². The zero-order valence-corrected chi connectivity index (χ0v) is 62.7. The van der Waals surface area contributed by atoms with Gasteiger partial charge in [-0.1, -0.05) is 338 Å². The van der Waals surface area contributed by atoms with Crippen molar-refractivity contribution in [1.29, 1.82) is 0 Å². The van der Waals surface area contributed by atoms with Crippen LogP contribution in [0.3, 0.4) is 0 Å². The Bertz CT molecular complexity index is 6210. The Kier molecular flexibility index (Phi) is 14.4. The number of aromatic nitrogens is 4. The van der Waals surface area contributed by atoms with E-state index in [9.17, 15) is 0 Å². The van der Waals surface area contributed by atoms with Gasteiger partial charge in [0.05, 0.1) is 11.0 Å². The predicted molar refractivity (Wildman–Crippen MR) is 445 cm³/mol. The molecule has 4 aliphatic rings. The lowest BCUT2D eigenvalue weighted by molar-refractivity contribution is 0.199. The predicted octanol–water partition coefficient (Wildman–Crippen LogP) is 26.7. The Balaban J connectivity index is 0.000000146. The molecule has 4 heteroatoms. The number of fused-ring (bicyclic) bond motifs is 22. The van der Waals surface area contributed by atoms with E-state index in [-0.39, 0.29) is 32.5 Å². The third kappa shape index (κ3) is 9.55. The molecule has 0 N–H and O–H groups in total. The summed E-state index contributed by atoms with van der Waals surface area (Å²) in [4.78, 5) is 14.8. The molecule has 0 radical (unpaired) electrons. The molecule has 4 nitrogen and oxygen atoms in total. The van der Waals surface area contributed by atoms with Crippen molar-refractivity contribution in [3.63, 3.8) is 0 Å². The van der Waals surface area contributed by atoms with Crippen LogP contribution in [0.4, 0.5) is 0 Å². The number of hydrogen-bond donors (Lipinski definition) is 0. The molecule has 20 rings (SSSR count). The molecule has 0 bridgehead atoms. The first kappa shape index (κ1) is 65.2. The number of hydrogen-bond acceptors (Lipinski definition) is 3. The topological polar surface area (TPSA) is 43.6 Å². The number of nitrogens with zero attached hydrogens (tertiary/aromatic N) is 4. The van der Waals surface area contributed by atoms with Gasteiger partial charge in [0.1, 0.15) is 0 Å². The summed E-state index contributed by atoms with van der Waals surface area (Å²) in [6.07, 6.45) is 1.03. The molecule has 16 aromatic rings. The van der Waals surface area contributed by atoms with E-state index in [0.29, 0.717) is 17.5 Å². The molecule has 106 heavy (non-hydrogen) atoms. The van der Waals surface area contributed by atoms with Crippen LogP contribution < -0.4 is 0 Å². The van der Waals surface area contributed by atoms with Crippen LogP contribution in [0.15, 0.2) is 291 Å². The van der Waals surface area contributed by atoms with Crippen molar-refractivity contribution >= 4 is 43.4 Å². The van der Waals surface area contributed by atoms with E-state index in [0.717, 1.165) is 23.1 Å². The van der Waals surface area contributed by atoms with Gasteiger partial charge >= 0.3 is 0 Å². The molecule has 0 atom stereocenters. The van der Waals surface area contributed by atoms with Crippen molar-refractivity contribution in [2.45, 2.75) is 117 Å². The third-order valence-corrected chi connectivity index (χ3v) is 26.1. The molecule has 514 valence electrons. The van der Waals surface area contributed by atoms with Crippen molar-refractivity contribution in [2.24, 2.45) is 5.41 Å². The lowest BCUT2D eigenvalue weighted by Crippen LogP contribution is -2.45. The monoisotopic (exact) mass is 1370 g/mol. The minimum Gasteiger partial charge on any atom is -0.309 e. The van der Waals surface area contributed by atoms with Crippen LogP contribution >= 0.6 is 0 Å². The van der Waals surface area contributed by atoms with E-state index in [1.807, 2.05) is 60.7 Å². The van der Waals surface area contributed by atoms with Crippen LogP contribution in [-0.4, -0.2) is 19.5 Å². The first-order valence-corrected chi connectivity index (χ1v) is 37.9. The Hall–Kier alpha value is -11.6. The van der Waals surface area contributed by atoms with Crippen LogP contribution in [0, 0.1) is 5.41 Å². The largest absolute Gasteiger partial charge is 0.309 e. The normalized spacial score (nSPS) is 16.0. The lowest BCUT2D eigenvalue weighted by atomic mass is 9.53. The number of para-hydroxylation sites is 2. The van der Waals surface area contributed by atoms with Gasteiger partial charge in [-0.15, -0.1) is 0 Å². The van der Waals surface area contributed by atoms with E-state index >= 15 is 0 Å². The highest BCUT2D eigenvalue weighted by molar-refractivity contribution is 6.11. The maximum atomic E-state index is 4.97. The molecule has 0 amide bonds. The van der Waals surface area contributed by atoms with Gasteiger partial charge in [-0.05, 0) is 197 Å². The molecule has 0 saturated heterocycles.